The van der Waals surface area contributed by atoms with Crippen LogP contribution in [0.15, 0.2) is 91.0 Å². The van der Waals surface area contributed by atoms with Crippen molar-refractivity contribution >= 4 is 29.2 Å². The highest BCUT2D eigenvalue weighted by Crippen LogP contribution is 2.35. The van der Waals surface area contributed by atoms with Crippen molar-refractivity contribution in [3.63, 3.8) is 0 Å². The Bertz CT molecular complexity index is 1280. The Morgan fingerprint density at radius 1 is 0.459 bits per heavy atom. The van der Waals surface area contributed by atoms with Gasteiger partial charge in [-0.1, -0.05) is 119 Å². The Morgan fingerprint density at radius 2 is 0.811 bits per heavy atom. The van der Waals surface area contributed by atoms with Gasteiger partial charge in [0.15, 0.2) is 0 Å². The van der Waals surface area contributed by atoms with Crippen LogP contribution in [0.3, 0.4) is 0 Å². The van der Waals surface area contributed by atoms with Crippen molar-refractivity contribution in [1.29, 1.82) is 0 Å². The lowest BCUT2D eigenvalue weighted by Gasteiger charge is -2.26. The molecule has 0 unspecified atom stereocenters. The van der Waals surface area contributed by atoms with Gasteiger partial charge in [-0.3, -0.25) is 0 Å². The van der Waals surface area contributed by atoms with Crippen LogP contribution in [-0.4, -0.2) is 0 Å². The first-order valence-corrected chi connectivity index (χ1v) is 13.3. The Balaban J connectivity index is 1.66. The highest BCUT2D eigenvalue weighted by atomic mass is 15.1. The molecule has 0 fully saturated rings. The van der Waals surface area contributed by atoms with Crippen LogP contribution in [0.25, 0.3) is 12.2 Å². The van der Waals surface area contributed by atoms with E-state index in [1.807, 2.05) is 0 Å². The standard InChI is InChI=1S/C36H41N/c1-26-9-17-32(18-10-26)37(33-19-11-27(2)12-20-33)34-21-15-28(16-22-34)13-14-29-23-30(35(3,4)5)25-31(24-29)36(6,7)8/h9-25H,1-8H3/b14-13+. The topological polar surface area (TPSA) is 3.24 Å². The number of hydrogen-bond acceptors (Lipinski definition) is 1. The zero-order valence-corrected chi connectivity index (χ0v) is 23.8. The Kier molecular flexibility index (Phi) is 7.46. The SMILES string of the molecule is Cc1ccc(N(c2ccc(C)cc2)c2ccc(/C=C/c3cc(C(C)(C)C)cc(C(C)(C)C)c3)cc2)cc1. The van der Waals surface area contributed by atoms with Gasteiger partial charge in [-0.25, -0.2) is 0 Å². The van der Waals surface area contributed by atoms with Crippen LogP contribution in [0.5, 0.6) is 0 Å². The minimum absolute atomic E-state index is 0.112. The number of nitrogens with zero attached hydrogens (tertiary/aromatic N) is 1. The van der Waals surface area contributed by atoms with Crippen molar-refractivity contribution in [2.24, 2.45) is 0 Å². The van der Waals surface area contributed by atoms with Crippen LogP contribution in [-0.2, 0) is 10.8 Å². The Morgan fingerprint density at radius 3 is 1.19 bits per heavy atom. The third-order valence-corrected chi connectivity index (χ3v) is 6.89. The Hall–Kier alpha value is -3.58. The number of rotatable bonds is 5. The fraction of sp³-hybridized carbons (Fsp3) is 0.278. The second-order valence-electron chi connectivity index (χ2n) is 12.3. The summed E-state index contributed by atoms with van der Waals surface area (Å²) in [4.78, 5) is 2.31. The smallest absolute Gasteiger partial charge is 0.0462 e. The highest BCUT2D eigenvalue weighted by Gasteiger charge is 2.20. The van der Waals surface area contributed by atoms with Gasteiger partial charge in [-0.15, -0.1) is 0 Å². The zero-order chi connectivity index (χ0) is 26.8. The monoisotopic (exact) mass is 487 g/mol. The van der Waals surface area contributed by atoms with Gasteiger partial charge in [0.1, 0.15) is 0 Å². The minimum Gasteiger partial charge on any atom is -0.311 e. The van der Waals surface area contributed by atoms with Crippen molar-refractivity contribution in [2.75, 3.05) is 4.90 Å². The van der Waals surface area contributed by atoms with E-state index in [2.05, 4.69) is 163 Å². The van der Waals surface area contributed by atoms with Gasteiger partial charge in [-0.2, -0.15) is 0 Å². The summed E-state index contributed by atoms with van der Waals surface area (Å²) in [5, 5.41) is 0. The molecule has 1 heteroatoms. The highest BCUT2D eigenvalue weighted by molar-refractivity contribution is 5.78. The maximum Gasteiger partial charge on any atom is 0.0462 e. The molecule has 0 aromatic heterocycles. The summed E-state index contributed by atoms with van der Waals surface area (Å²) >= 11 is 0. The summed E-state index contributed by atoms with van der Waals surface area (Å²) < 4.78 is 0. The van der Waals surface area contributed by atoms with E-state index in [9.17, 15) is 0 Å². The molecular formula is C36H41N. The molecule has 0 saturated carbocycles. The molecule has 1 nitrogen and oxygen atoms in total. The van der Waals surface area contributed by atoms with E-state index in [4.69, 9.17) is 0 Å². The van der Waals surface area contributed by atoms with Crippen LogP contribution in [0.1, 0.15) is 74.9 Å². The maximum atomic E-state index is 2.37. The molecule has 0 radical (unpaired) electrons. The van der Waals surface area contributed by atoms with E-state index in [-0.39, 0.29) is 10.8 Å². The van der Waals surface area contributed by atoms with Crippen molar-refractivity contribution in [2.45, 2.75) is 66.2 Å². The first-order valence-electron chi connectivity index (χ1n) is 13.3. The van der Waals surface area contributed by atoms with E-state index in [0.29, 0.717) is 0 Å². The van der Waals surface area contributed by atoms with Crippen LogP contribution in [0.4, 0.5) is 17.1 Å². The number of anilines is 3. The predicted octanol–water partition coefficient (Wildman–Crippen LogP) is 10.5. The van der Waals surface area contributed by atoms with E-state index >= 15 is 0 Å². The first kappa shape index (κ1) is 26.5. The van der Waals surface area contributed by atoms with Crippen LogP contribution in [0.2, 0.25) is 0 Å². The van der Waals surface area contributed by atoms with E-state index in [1.165, 1.54) is 33.4 Å². The molecule has 4 rings (SSSR count). The molecule has 0 N–H and O–H groups in total. The summed E-state index contributed by atoms with van der Waals surface area (Å²) in [5.41, 5.74) is 11.4. The lowest BCUT2D eigenvalue weighted by atomic mass is 9.79. The van der Waals surface area contributed by atoms with Gasteiger partial charge in [0.05, 0.1) is 0 Å². The van der Waals surface area contributed by atoms with Crippen LogP contribution in [0, 0.1) is 13.8 Å². The lowest BCUT2D eigenvalue weighted by molar-refractivity contribution is 0.568. The quantitative estimate of drug-likeness (QED) is 0.253. The van der Waals surface area contributed by atoms with Crippen molar-refractivity contribution in [3.05, 3.63) is 124 Å². The summed E-state index contributed by atoms with van der Waals surface area (Å²) in [6.07, 6.45) is 4.47. The van der Waals surface area contributed by atoms with Gasteiger partial charge in [0, 0.05) is 17.1 Å². The van der Waals surface area contributed by atoms with Crippen molar-refractivity contribution in [1.82, 2.24) is 0 Å². The Labute approximate surface area is 224 Å². The number of aryl methyl sites for hydroxylation is 2. The molecular weight excluding hydrogens is 446 g/mol. The molecule has 0 saturated heterocycles. The fourth-order valence-corrected chi connectivity index (χ4v) is 4.38. The van der Waals surface area contributed by atoms with E-state index < -0.39 is 0 Å². The molecule has 0 atom stereocenters. The summed E-state index contributed by atoms with van der Waals surface area (Å²) in [6.45, 7) is 18.0. The molecule has 0 spiro atoms. The van der Waals surface area contributed by atoms with Crippen molar-refractivity contribution in [3.8, 4) is 0 Å². The van der Waals surface area contributed by atoms with Crippen molar-refractivity contribution < 1.29 is 0 Å². The molecule has 4 aromatic carbocycles. The molecule has 0 aliphatic heterocycles. The van der Waals surface area contributed by atoms with Gasteiger partial charge < -0.3 is 4.90 Å². The first-order chi connectivity index (χ1) is 17.4. The zero-order valence-electron chi connectivity index (χ0n) is 23.8. The van der Waals surface area contributed by atoms with E-state index in [1.54, 1.807) is 0 Å². The average Bonchev–Trinajstić information content (AvgIpc) is 2.85. The molecule has 0 aliphatic carbocycles. The van der Waals surface area contributed by atoms with Crippen LogP contribution < -0.4 is 4.90 Å². The second-order valence-corrected chi connectivity index (χ2v) is 12.3. The van der Waals surface area contributed by atoms with Gasteiger partial charge in [-0.05, 0) is 83.3 Å². The summed E-state index contributed by atoms with van der Waals surface area (Å²) in [7, 11) is 0. The third kappa shape index (κ3) is 6.60. The summed E-state index contributed by atoms with van der Waals surface area (Å²) in [5.74, 6) is 0. The van der Waals surface area contributed by atoms with Gasteiger partial charge in [0.2, 0.25) is 0 Å². The predicted molar refractivity (Wildman–Crippen MR) is 163 cm³/mol. The molecule has 0 amide bonds. The van der Waals surface area contributed by atoms with E-state index in [0.717, 1.165) is 17.1 Å². The molecule has 0 heterocycles. The maximum absolute atomic E-state index is 2.37. The van der Waals surface area contributed by atoms with Crippen LogP contribution >= 0.6 is 0 Å². The third-order valence-electron chi connectivity index (χ3n) is 6.89. The average molecular weight is 488 g/mol. The van der Waals surface area contributed by atoms with Gasteiger partial charge >= 0.3 is 0 Å². The minimum atomic E-state index is 0.112. The largest absolute Gasteiger partial charge is 0.311 e. The molecule has 37 heavy (non-hydrogen) atoms. The summed E-state index contributed by atoms with van der Waals surface area (Å²) in [6, 6.07) is 33.3. The fourth-order valence-electron chi connectivity index (χ4n) is 4.38. The van der Waals surface area contributed by atoms with Gasteiger partial charge in [0.25, 0.3) is 0 Å². The molecule has 190 valence electrons. The molecule has 0 bridgehead atoms. The number of hydrogen-bond donors (Lipinski definition) is 0. The number of benzene rings is 4. The molecule has 4 aromatic rings. The normalized spacial score (nSPS) is 12.2. The lowest BCUT2D eigenvalue weighted by Crippen LogP contribution is -2.16. The second kappa shape index (κ2) is 10.4. The molecule has 0 aliphatic rings.